The minimum atomic E-state index is 0.681. The zero-order chi connectivity index (χ0) is 13.9. The number of nitrogens with zero attached hydrogens (tertiary/aromatic N) is 3. The van der Waals surface area contributed by atoms with E-state index in [-0.39, 0.29) is 0 Å². The maximum Gasteiger partial charge on any atom is 0.140 e. The minimum absolute atomic E-state index is 0.681. The van der Waals surface area contributed by atoms with E-state index >= 15 is 0 Å². The third kappa shape index (κ3) is 2.30. The van der Waals surface area contributed by atoms with Gasteiger partial charge in [0.2, 0.25) is 0 Å². The maximum absolute atomic E-state index is 5.80. The zero-order valence-corrected chi connectivity index (χ0v) is 11.3. The quantitative estimate of drug-likeness (QED) is 0.737. The molecule has 2 aromatic heterocycles. The van der Waals surface area contributed by atoms with Crippen molar-refractivity contribution in [3.63, 3.8) is 0 Å². The number of benzene rings is 1. The summed E-state index contributed by atoms with van der Waals surface area (Å²) in [6.45, 7) is 3.60. The van der Waals surface area contributed by atoms with Gasteiger partial charge in [0.25, 0.3) is 0 Å². The first-order chi connectivity index (χ1) is 9.78. The Labute approximate surface area is 117 Å². The number of hydrogen-bond donors (Lipinski definition) is 1. The van der Waals surface area contributed by atoms with Gasteiger partial charge in [0, 0.05) is 17.6 Å². The number of hydrogen-bond acceptors (Lipinski definition) is 5. The molecule has 0 unspecified atom stereocenters. The molecular formula is C15H16N4O. The molecule has 0 fully saturated rings. The highest BCUT2D eigenvalue weighted by Gasteiger charge is 2.12. The van der Waals surface area contributed by atoms with Crippen molar-refractivity contribution in [1.29, 1.82) is 0 Å². The lowest BCUT2D eigenvalue weighted by Gasteiger charge is -2.22. The molecule has 0 saturated heterocycles. The molecule has 0 amide bonds. The normalized spacial score (nSPS) is 10.8. The Balaban J connectivity index is 2.03. The van der Waals surface area contributed by atoms with E-state index in [1.165, 1.54) is 0 Å². The van der Waals surface area contributed by atoms with Crippen LogP contribution < -0.4 is 10.6 Å². The van der Waals surface area contributed by atoms with E-state index in [2.05, 4.69) is 21.8 Å². The summed E-state index contributed by atoms with van der Waals surface area (Å²) in [5.41, 5.74) is 7.36. The van der Waals surface area contributed by atoms with E-state index in [1.807, 2.05) is 30.3 Å². The summed E-state index contributed by atoms with van der Waals surface area (Å²) in [7, 11) is 0. The smallest absolute Gasteiger partial charge is 0.140 e. The average Bonchev–Trinajstić information content (AvgIpc) is 2.97. The summed E-state index contributed by atoms with van der Waals surface area (Å²) in [5, 5.41) is 0.995. The molecule has 0 radical (unpaired) electrons. The molecular weight excluding hydrogens is 252 g/mol. The first kappa shape index (κ1) is 12.5. The fourth-order valence-corrected chi connectivity index (χ4v) is 2.24. The largest absolute Gasteiger partial charge is 0.467 e. The van der Waals surface area contributed by atoms with Gasteiger partial charge in [-0.3, -0.25) is 0 Å². The lowest BCUT2D eigenvalue weighted by atomic mass is 10.2. The zero-order valence-electron chi connectivity index (χ0n) is 11.3. The molecule has 0 atom stereocenters. The molecule has 102 valence electrons. The highest BCUT2D eigenvalue weighted by Crippen LogP contribution is 2.25. The number of aromatic nitrogens is 2. The molecule has 0 bridgehead atoms. The van der Waals surface area contributed by atoms with Gasteiger partial charge in [-0.2, -0.15) is 0 Å². The molecule has 5 nitrogen and oxygen atoms in total. The molecule has 3 aromatic rings. The van der Waals surface area contributed by atoms with Crippen molar-refractivity contribution < 1.29 is 4.42 Å². The molecule has 0 aliphatic heterocycles. The number of rotatable bonds is 4. The second-order valence-electron chi connectivity index (χ2n) is 4.57. The molecule has 3 rings (SSSR count). The SMILES string of the molecule is CCN(Cc1ccco1)c1ncnc2cc(N)ccc12. The predicted octanol–water partition coefficient (Wildman–Crippen LogP) is 2.83. The molecule has 0 saturated carbocycles. The van der Waals surface area contributed by atoms with Crippen LogP contribution in [0.3, 0.4) is 0 Å². The van der Waals surface area contributed by atoms with Gasteiger partial charge in [-0.25, -0.2) is 9.97 Å². The highest BCUT2D eigenvalue weighted by atomic mass is 16.3. The van der Waals surface area contributed by atoms with Gasteiger partial charge in [0.05, 0.1) is 18.3 Å². The fourth-order valence-electron chi connectivity index (χ4n) is 2.24. The maximum atomic E-state index is 5.80. The second-order valence-corrected chi connectivity index (χ2v) is 4.57. The van der Waals surface area contributed by atoms with Gasteiger partial charge in [-0.1, -0.05) is 0 Å². The second kappa shape index (κ2) is 5.21. The Morgan fingerprint density at radius 3 is 2.90 bits per heavy atom. The number of fused-ring (bicyclic) bond motifs is 1. The van der Waals surface area contributed by atoms with Crippen molar-refractivity contribution in [1.82, 2.24) is 9.97 Å². The van der Waals surface area contributed by atoms with Crippen molar-refractivity contribution in [2.24, 2.45) is 0 Å². The van der Waals surface area contributed by atoms with Gasteiger partial charge in [-0.05, 0) is 37.3 Å². The van der Waals surface area contributed by atoms with Crippen molar-refractivity contribution in [2.45, 2.75) is 13.5 Å². The van der Waals surface area contributed by atoms with Crippen LogP contribution >= 0.6 is 0 Å². The van der Waals surface area contributed by atoms with Gasteiger partial charge in [0.1, 0.15) is 17.9 Å². The van der Waals surface area contributed by atoms with Crippen LogP contribution in [0, 0.1) is 0 Å². The van der Waals surface area contributed by atoms with Crippen LogP contribution in [0.1, 0.15) is 12.7 Å². The first-order valence-corrected chi connectivity index (χ1v) is 6.55. The first-order valence-electron chi connectivity index (χ1n) is 6.55. The summed E-state index contributed by atoms with van der Waals surface area (Å²) in [5.74, 6) is 1.81. The van der Waals surface area contributed by atoms with Crippen molar-refractivity contribution in [3.8, 4) is 0 Å². The summed E-state index contributed by atoms with van der Waals surface area (Å²) < 4.78 is 5.41. The summed E-state index contributed by atoms with van der Waals surface area (Å²) >= 11 is 0. The van der Waals surface area contributed by atoms with E-state index in [1.54, 1.807) is 12.6 Å². The van der Waals surface area contributed by atoms with E-state index in [0.717, 1.165) is 29.0 Å². The average molecular weight is 268 g/mol. The van der Waals surface area contributed by atoms with Gasteiger partial charge in [-0.15, -0.1) is 0 Å². The van der Waals surface area contributed by atoms with Gasteiger partial charge >= 0.3 is 0 Å². The Bertz CT molecular complexity index is 709. The highest BCUT2D eigenvalue weighted by molar-refractivity contribution is 5.91. The third-order valence-corrected chi connectivity index (χ3v) is 3.25. The monoisotopic (exact) mass is 268 g/mol. The van der Waals surface area contributed by atoms with Crippen molar-refractivity contribution in [3.05, 3.63) is 48.7 Å². The Kier molecular flexibility index (Phi) is 3.25. The molecule has 1 aromatic carbocycles. The predicted molar refractivity (Wildman–Crippen MR) is 79.4 cm³/mol. The van der Waals surface area contributed by atoms with Crippen LogP contribution in [0.2, 0.25) is 0 Å². The fraction of sp³-hybridized carbons (Fsp3) is 0.200. The molecule has 0 aliphatic carbocycles. The number of nitrogens with two attached hydrogens (primary N) is 1. The standard InChI is InChI=1S/C15H16N4O/c1-2-19(9-12-4-3-7-20-12)15-13-6-5-11(16)8-14(13)17-10-18-15/h3-8,10H,2,9,16H2,1H3. The Morgan fingerprint density at radius 1 is 1.25 bits per heavy atom. The van der Waals surface area contributed by atoms with E-state index in [4.69, 9.17) is 10.2 Å². The third-order valence-electron chi connectivity index (χ3n) is 3.25. The van der Waals surface area contributed by atoms with E-state index < -0.39 is 0 Å². The van der Waals surface area contributed by atoms with Crippen LogP contribution in [0.4, 0.5) is 11.5 Å². The molecule has 20 heavy (non-hydrogen) atoms. The lowest BCUT2D eigenvalue weighted by molar-refractivity contribution is 0.503. The summed E-state index contributed by atoms with van der Waals surface area (Å²) in [6.07, 6.45) is 3.25. The Hall–Kier alpha value is -2.56. The van der Waals surface area contributed by atoms with E-state index in [0.29, 0.717) is 12.2 Å². The van der Waals surface area contributed by atoms with Crippen LogP contribution in [0.25, 0.3) is 10.9 Å². The van der Waals surface area contributed by atoms with Crippen molar-refractivity contribution in [2.75, 3.05) is 17.2 Å². The van der Waals surface area contributed by atoms with E-state index in [9.17, 15) is 0 Å². The van der Waals surface area contributed by atoms with Crippen LogP contribution in [0.5, 0.6) is 0 Å². The van der Waals surface area contributed by atoms with Crippen LogP contribution in [-0.2, 0) is 6.54 Å². The summed E-state index contributed by atoms with van der Waals surface area (Å²) in [4.78, 5) is 10.8. The van der Waals surface area contributed by atoms with Crippen molar-refractivity contribution >= 4 is 22.4 Å². The molecule has 2 N–H and O–H groups in total. The molecule has 2 heterocycles. The van der Waals surface area contributed by atoms with Crippen LogP contribution in [-0.4, -0.2) is 16.5 Å². The summed E-state index contributed by atoms with van der Waals surface area (Å²) in [6, 6.07) is 9.55. The molecule has 0 aliphatic rings. The van der Waals surface area contributed by atoms with Crippen LogP contribution in [0.15, 0.2) is 47.3 Å². The van der Waals surface area contributed by atoms with Gasteiger partial charge < -0.3 is 15.1 Å². The molecule has 0 spiro atoms. The number of furan rings is 1. The topological polar surface area (TPSA) is 68.2 Å². The Morgan fingerprint density at radius 2 is 2.15 bits per heavy atom. The lowest BCUT2D eigenvalue weighted by Crippen LogP contribution is -2.23. The van der Waals surface area contributed by atoms with Gasteiger partial charge in [0.15, 0.2) is 0 Å². The molecule has 5 heteroatoms. The minimum Gasteiger partial charge on any atom is -0.467 e. The number of anilines is 2. The number of nitrogen functional groups attached to an aromatic ring is 1.